The second-order valence-electron chi connectivity index (χ2n) is 3.56. The molecule has 94 valence electrons. The Morgan fingerprint density at radius 2 is 2.24 bits per heavy atom. The second-order valence-corrected chi connectivity index (χ2v) is 3.56. The summed E-state index contributed by atoms with van der Waals surface area (Å²) in [5.74, 6) is 0.514. The van der Waals surface area contributed by atoms with Gasteiger partial charge >= 0.3 is 5.97 Å². The molecule has 0 bridgehead atoms. The van der Waals surface area contributed by atoms with E-state index in [1.165, 1.54) is 0 Å². The minimum absolute atomic E-state index is 0.0000257. The molecule has 0 saturated heterocycles. The topological polar surface area (TPSA) is 55.8 Å². The fraction of sp³-hybridized carbons (Fsp3) is 0.462. The van der Waals surface area contributed by atoms with Gasteiger partial charge in [0.15, 0.2) is 0 Å². The zero-order valence-electron chi connectivity index (χ0n) is 10.0. The van der Waals surface area contributed by atoms with Crippen molar-refractivity contribution in [3.63, 3.8) is 0 Å². The molecule has 0 aromatic heterocycles. The van der Waals surface area contributed by atoms with Crippen LogP contribution in [0.25, 0.3) is 0 Å². The summed E-state index contributed by atoms with van der Waals surface area (Å²) in [5, 5.41) is 8.95. The van der Waals surface area contributed by atoms with Crippen molar-refractivity contribution in [2.75, 3.05) is 13.2 Å². The fourth-order valence-corrected chi connectivity index (χ4v) is 1.37. The number of rotatable bonds is 7. The molecule has 0 spiro atoms. The second kappa shape index (κ2) is 7.68. The van der Waals surface area contributed by atoms with Crippen LogP contribution in [-0.4, -0.2) is 24.3 Å². The van der Waals surface area contributed by atoms with Crippen molar-refractivity contribution < 1.29 is 19.4 Å². The van der Waals surface area contributed by atoms with Gasteiger partial charge in [-0.1, -0.05) is 12.1 Å². The molecule has 1 aromatic rings. The van der Waals surface area contributed by atoms with Crippen LogP contribution >= 0.6 is 0 Å². The van der Waals surface area contributed by atoms with Gasteiger partial charge in [0.1, 0.15) is 5.75 Å². The molecule has 0 amide bonds. The third-order valence-corrected chi connectivity index (χ3v) is 2.18. The summed E-state index contributed by atoms with van der Waals surface area (Å²) < 4.78 is 10.3. The van der Waals surface area contributed by atoms with Crippen LogP contribution in [0.3, 0.4) is 0 Å². The largest absolute Gasteiger partial charge is 0.494 e. The van der Waals surface area contributed by atoms with Gasteiger partial charge in [-0.25, -0.2) is 0 Å². The Kier molecular flexibility index (Phi) is 6.10. The van der Waals surface area contributed by atoms with Crippen molar-refractivity contribution in [1.29, 1.82) is 0 Å². The molecule has 4 nitrogen and oxygen atoms in total. The Labute approximate surface area is 101 Å². The van der Waals surface area contributed by atoms with Gasteiger partial charge in [0.25, 0.3) is 0 Å². The number of hydrogen-bond acceptors (Lipinski definition) is 4. The average molecular weight is 238 g/mol. The monoisotopic (exact) mass is 238 g/mol. The first kappa shape index (κ1) is 13.5. The molecule has 0 atom stereocenters. The Morgan fingerprint density at radius 1 is 1.41 bits per heavy atom. The van der Waals surface area contributed by atoms with E-state index in [9.17, 15) is 4.79 Å². The van der Waals surface area contributed by atoms with E-state index in [1.54, 1.807) is 13.0 Å². The maximum atomic E-state index is 11.0. The van der Waals surface area contributed by atoms with E-state index < -0.39 is 0 Å². The number of aliphatic hydroxyl groups is 1. The van der Waals surface area contributed by atoms with Gasteiger partial charge in [0, 0.05) is 6.42 Å². The Morgan fingerprint density at radius 3 is 2.94 bits per heavy atom. The van der Waals surface area contributed by atoms with E-state index in [-0.39, 0.29) is 12.6 Å². The van der Waals surface area contributed by atoms with Crippen molar-refractivity contribution in [3.8, 4) is 5.75 Å². The molecule has 0 radical (unpaired) electrons. The summed E-state index contributed by atoms with van der Waals surface area (Å²) in [6, 6.07) is 7.26. The minimum atomic E-state index is -0.194. The third kappa shape index (κ3) is 5.36. The van der Waals surface area contributed by atoms with Crippen LogP contribution in [0.5, 0.6) is 5.75 Å². The highest BCUT2D eigenvalue weighted by atomic mass is 16.5. The summed E-state index contributed by atoms with van der Waals surface area (Å²) in [7, 11) is 0. The van der Waals surface area contributed by atoms with Crippen LogP contribution < -0.4 is 4.74 Å². The molecule has 0 aliphatic carbocycles. The van der Waals surface area contributed by atoms with E-state index in [0.717, 1.165) is 5.56 Å². The molecule has 0 unspecified atom stereocenters. The first-order chi connectivity index (χ1) is 8.26. The number of benzene rings is 1. The molecule has 0 heterocycles. The molecule has 17 heavy (non-hydrogen) atoms. The van der Waals surface area contributed by atoms with Crippen LogP contribution in [0, 0.1) is 0 Å². The van der Waals surface area contributed by atoms with Crippen molar-refractivity contribution >= 4 is 5.97 Å². The van der Waals surface area contributed by atoms with Crippen LogP contribution in [0.1, 0.15) is 25.3 Å². The molecule has 1 aromatic carbocycles. The highest BCUT2D eigenvalue weighted by molar-refractivity contribution is 5.69. The van der Waals surface area contributed by atoms with Gasteiger partial charge < -0.3 is 14.6 Å². The molecular formula is C13H18O4. The predicted octanol–water partition coefficient (Wildman–Crippen LogP) is 1.90. The van der Waals surface area contributed by atoms with Crippen molar-refractivity contribution in [2.45, 2.75) is 26.4 Å². The standard InChI is InChI=1S/C13H18O4/c1-2-16-13(15)7-4-8-17-12-6-3-5-11(9-12)10-14/h3,5-6,9,14H,2,4,7-8,10H2,1H3. The fourth-order valence-electron chi connectivity index (χ4n) is 1.37. The lowest BCUT2D eigenvalue weighted by Gasteiger charge is -2.07. The van der Waals surface area contributed by atoms with Crippen molar-refractivity contribution in [1.82, 2.24) is 0 Å². The quantitative estimate of drug-likeness (QED) is 0.582. The molecule has 0 aliphatic rings. The van der Waals surface area contributed by atoms with Crippen LogP contribution in [0.2, 0.25) is 0 Å². The van der Waals surface area contributed by atoms with Gasteiger partial charge in [-0.2, -0.15) is 0 Å². The molecule has 0 aliphatic heterocycles. The lowest BCUT2D eigenvalue weighted by molar-refractivity contribution is -0.143. The third-order valence-electron chi connectivity index (χ3n) is 2.18. The Bertz CT molecular complexity index is 349. The van der Waals surface area contributed by atoms with E-state index in [4.69, 9.17) is 14.6 Å². The zero-order valence-corrected chi connectivity index (χ0v) is 10.0. The molecule has 1 N–H and O–H groups in total. The van der Waals surface area contributed by atoms with Gasteiger partial charge in [0.2, 0.25) is 0 Å². The Hall–Kier alpha value is -1.55. The van der Waals surface area contributed by atoms with Crippen LogP contribution in [-0.2, 0) is 16.1 Å². The number of hydrogen-bond donors (Lipinski definition) is 1. The average Bonchev–Trinajstić information content (AvgIpc) is 2.35. The van der Waals surface area contributed by atoms with Crippen molar-refractivity contribution in [3.05, 3.63) is 29.8 Å². The molecule has 1 rings (SSSR count). The zero-order chi connectivity index (χ0) is 12.5. The summed E-state index contributed by atoms with van der Waals surface area (Å²) in [6.45, 7) is 2.67. The van der Waals surface area contributed by atoms with Gasteiger partial charge in [-0.15, -0.1) is 0 Å². The lowest BCUT2D eigenvalue weighted by Crippen LogP contribution is -2.06. The van der Waals surface area contributed by atoms with Gasteiger partial charge in [-0.05, 0) is 31.0 Å². The van der Waals surface area contributed by atoms with Crippen LogP contribution in [0.15, 0.2) is 24.3 Å². The smallest absolute Gasteiger partial charge is 0.305 e. The summed E-state index contributed by atoms with van der Waals surface area (Å²) in [5.41, 5.74) is 0.813. The Balaban J connectivity index is 2.24. The first-order valence-electron chi connectivity index (χ1n) is 5.74. The SMILES string of the molecule is CCOC(=O)CCCOc1cccc(CO)c1. The summed E-state index contributed by atoms with van der Waals surface area (Å²) >= 11 is 0. The molecule has 0 fully saturated rings. The maximum absolute atomic E-state index is 11.0. The van der Waals surface area contributed by atoms with Crippen LogP contribution in [0.4, 0.5) is 0 Å². The highest BCUT2D eigenvalue weighted by Gasteiger charge is 2.01. The van der Waals surface area contributed by atoms with Gasteiger partial charge in [-0.3, -0.25) is 4.79 Å². The normalized spacial score (nSPS) is 10.0. The summed E-state index contributed by atoms with van der Waals surface area (Å²) in [4.78, 5) is 11.0. The van der Waals surface area contributed by atoms with E-state index >= 15 is 0 Å². The number of carbonyl (C=O) groups is 1. The highest BCUT2D eigenvalue weighted by Crippen LogP contribution is 2.13. The number of carbonyl (C=O) groups excluding carboxylic acids is 1. The van der Waals surface area contributed by atoms with E-state index in [1.807, 2.05) is 18.2 Å². The van der Waals surface area contributed by atoms with E-state index in [2.05, 4.69) is 0 Å². The first-order valence-corrected chi connectivity index (χ1v) is 5.74. The minimum Gasteiger partial charge on any atom is -0.494 e. The summed E-state index contributed by atoms with van der Waals surface area (Å²) in [6.07, 6.45) is 0.996. The molecule has 0 saturated carbocycles. The van der Waals surface area contributed by atoms with E-state index in [0.29, 0.717) is 31.8 Å². The molecular weight excluding hydrogens is 220 g/mol. The number of aliphatic hydroxyl groups excluding tert-OH is 1. The van der Waals surface area contributed by atoms with Crippen molar-refractivity contribution in [2.24, 2.45) is 0 Å². The molecule has 4 heteroatoms. The predicted molar refractivity (Wildman–Crippen MR) is 63.7 cm³/mol. The van der Waals surface area contributed by atoms with Gasteiger partial charge in [0.05, 0.1) is 19.8 Å². The number of esters is 1. The number of ether oxygens (including phenoxy) is 2. The lowest BCUT2D eigenvalue weighted by atomic mass is 10.2. The maximum Gasteiger partial charge on any atom is 0.305 e.